The first-order valence-corrected chi connectivity index (χ1v) is 8.35. The van der Waals surface area contributed by atoms with Gasteiger partial charge in [0, 0.05) is 6.92 Å². The van der Waals surface area contributed by atoms with Crippen LogP contribution in [0.2, 0.25) is 5.02 Å². The number of amides is 1. The molecular formula is C15H15ClN2O4S. The molecule has 2 aromatic carbocycles. The molecule has 0 aromatic heterocycles. The zero-order valence-corrected chi connectivity index (χ0v) is 14.0. The number of nitrogens with two attached hydrogens (primary N) is 1. The molecule has 0 spiro atoms. The lowest BCUT2D eigenvalue weighted by atomic mass is 10.2. The summed E-state index contributed by atoms with van der Waals surface area (Å²) in [5, 5.41) is 2.68. The van der Waals surface area contributed by atoms with E-state index in [0.29, 0.717) is 5.69 Å². The molecule has 1 amide bonds. The van der Waals surface area contributed by atoms with Crippen LogP contribution in [0.5, 0.6) is 5.75 Å². The van der Waals surface area contributed by atoms with Crippen molar-refractivity contribution in [1.82, 2.24) is 0 Å². The number of nitrogens with one attached hydrogen (secondary N) is 1. The average Bonchev–Trinajstić information content (AvgIpc) is 2.44. The highest BCUT2D eigenvalue weighted by Crippen LogP contribution is 2.30. The average molecular weight is 355 g/mol. The van der Waals surface area contributed by atoms with E-state index in [4.69, 9.17) is 21.5 Å². The first kappa shape index (κ1) is 17.1. The van der Waals surface area contributed by atoms with Crippen LogP contribution in [-0.4, -0.2) is 14.3 Å². The van der Waals surface area contributed by atoms with E-state index in [1.807, 2.05) is 0 Å². The number of aryl methyl sites for hydroxylation is 1. The maximum atomic E-state index is 12.3. The Morgan fingerprint density at radius 3 is 2.52 bits per heavy atom. The molecule has 0 saturated carbocycles. The SMILES string of the molecule is CC(=O)Nc1ccc(S(=O)(=O)Oc2cc(C)ccc2Cl)cc1N. The molecule has 0 radical (unpaired) electrons. The van der Waals surface area contributed by atoms with Crippen LogP contribution in [-0.2, 0) is 14.9 Å². The summed E-state index contributed by atoms with van der Waals surface area (Å²) in [5.41, 5.74) is 6.99. The van der Waals surface area contributed by atoms with Crippen LogP contribution in [0.15, 0.2) is 41.3 Å². The van der Waals surface area contributed by atoms with Gasteiger partial charge in [0.1, 0.15) is 4.90 Å². The number of carbonyl (C=O) groups excluding carboxylic acids is 1. The van der Waals surface area contributed by atoms with Crippen molar-refractivity contribution in [3.63, 3.8) is 0 Å². The Kier molecular flexibility index (Phi) is 4.82. The van der Waals surface area contributed by atoms with Gasteiger partial charge in [0.2, 0.25) is 5.91 Å². The van der Waals surface area contributed by atoms with Gasteiger partial charge in [-0.1, -0.05) is 17.7 Å². The summed E-state index contributed by atoms with van der Waals surface area (Å²) in [6, 6.07) is 8.71. The number of hydrogen-bond acceptors (Lipinski definition) is 5. The van der Waals surface area contributed by atoms with Crippen LogP contribution in [0.4, 0.5) is 11.4 Å². The highest BCUT2D eigenvalue weighted by Gasteiger charge is 2.19. The van der Waals surface area contributed by atoms with Crippen molar-refractivity contribution in [2.24, 2.45) is 0 Å². The fraction of sp³-hybridized carbons (Fsp3) is 0.133. The molecule has 0 aliphatic heterocycles. The standard InChI is InChI=1S/C15H15ClN2O4S/c1-9-3-5-12(16)15(7-9)22-23(20,21)11-4-6-14(13(17)8-11)18-10(2)19/h3-8H,17H2,1-2H3,(H,18,19). The van der Waals surface area contributed by atoms with Crippen molar-refractivity contribution in [3.8, 4) is 5.75 Å². The predicted octanol–water partition coefficient (Wildman–Crippen LogP) is 2.96. The quantitative estimate of drug-likeness (QED) is 0.649. The van der Waals surface area contributed by atoms with Gasteiger partial charge in [-0.3, -0.25) is 4.79 Å². The van der Waals surface area contributed by atoms with Crippen molar-refractivity contribution in [2.75, 3.05) is 11.1 Å². The highest BCUT2D eigenvalue weighted by atomic mass is 35.5. The summed E-state index contributed by atoms with van der Waals surface area (Å²) in [4.78, 5) is 10.9. The maximum absolute atomic E-state index is 12.3. The second-order valence-electron chi connectivity index (χ2n) is 4.90. The highest BCUT2D eigenvalue weighted by molar-refractivity contribution is 7.87. The third-order valence-corrected chi connectivity index (χ3v) is 4.45. The van der Waals surface area contributed by atoms with Gasteiger partial charge in [0.15, 0.2) is 5.75 Å². The van der Waals surface area contributed by atoms with Gasteiger partial charge in [-0.25, -0.2) is 0 Å². The summed E-state index contributed by atoms with van der Waals surface area (Å²) >= 11 is 5.94. The first-order chi connectivity index (χ1) is 10.7. The predicted molar refractivity (Wildman–Crippen MR) is 89.2 cm³/mol. The van der Waals surface area contributed by atoms with Crippen LogP contribution in [0, 0.1) is 6.92 Å². The lowest BCUT2D eigenvalue weighted by Gasteiger charge is -2.11. The Hall–Kier alpha value is -2.25. The van der Waals surface area contributed by atoms with Crippen molar-refractivity contribution >= 4 is 39.0 Å². The number of halogens is 1. The smallest absolute Gasteiger partial charge is 0.339 e. The Morgan fingerprint density at radius 1 is 1.22 bits per heavy atom. The zero-order valence-electron chi connectivity index (χ0n) is 12.5. The van der Waals surface area contributed by atoms with E-state index in [0.717, 1.165) is 5.56 Å². The zero-order chi connectivity index (χ0) is 17.2. The minimum absolute atomic E-state index is 0.0381. The minimum Gasteiger partial charge on any atom is -0.397 e. The summed E-state index contributed by atoms with van der Waals surface area (Å²) in [5.74, 6) is -0.272. The molecule has 0 heterocycles. The third-order valence-electron chi connectivity index (χ3n) is 2.91. The van der Waals surface area contributed by atoms with Gasteiger partial charge in [0.05, 0.1) is 16.4 Å². The molecule has 122 valence electrons. The van der Waals surface area contributed by atoms with Gasteiger partial charge in [-0.05, 0) is 42.8 Å². The van der Waals surface area contributed by atoms with Gasteiger partial charge >= 0.3 is 10.1 Å². The number of benzene rings is 2. The van der Waals surface area contributed by atoms with Crippen LogP contribution in [0.3, 0.4) is 0 Å². The number of nitrogen functional groups attached to an aromatic ring is 1. The van der Waals surface area contributed by atoms with Crippen molar-refractivity contribution in [3.05, 3.63) is 47.0 Å². The van der Waals surface area contributed by atoms with E-state index >= 15 is 0 Å². The van der Waals surface area contributed by atoms with Gasteiger partial charge < -0.3 is 15.2 Å². The second-order valence-corrected chi connectivity index (χ2v) is 6.86. The molecule has 0 aliphatic carbocycles. The van der Waals surface area contributed by atoms with Crippen LogP contribution in [0.1, 0.15) is 12.5 Å². The molecule has 6 nitrogen and oxygen atoms in total. The van der Waals surface area contributed by atoms with Crippen molar-refractivity contribution in [1.29, 1.82) is 0 Å². The van der Waals surface area contributed by atoms with Crippen LogP contribution < -0.4 is 15.2 Å². The molecule has 0 fully saturated rings. The summed E-state index contributed by atoms with van der Waals surface area (Å²) in [7, 11) is -4.10. The van der Waals surface area contributed by atoms with E-state index in [1.54, 1.807) is 19.1 Å². The number of anilines is 2. The minimum atomic E-state index is -4.10. The summed E-state index contributed by atoms with van der Waals surface area (Å²) in [6.45, 7) is 3.11. The van der Waals surface area contributed by atoms with E-state index < -0.39 is 10.1 Å². The molecule has 0 bridgehead atoms. The first-order valence-electron chi connectivity index (χ1n) is 6.57. The van der Waals surface area contributed by atoms with E-state index in [-0.39, 0.29) is 27.3 Å². The number of carbonyl (C=O) groups is 1. The Labute approximate surface area is 139 Å². The number of rotatable bonds is 4. The van der Waals surface area contributed by atoms with Gasteiger partial charge in [-0.2, -0.15) is 8.42 Å². The molecule has 2 rings (SSSR count). The normalized spacial score (nSPS) is 11.1. The van der Waals surface area contributed by atoms with Crippen LogP contribution in [0.25, 0.3) is 0 Å². The molecule has 8 heteroatoms. The molecule has 23 heavy (non-hydrogen) atoms. The van der Waals surface area contributed by atoms with E-state index in [1.165, 1.54) is 31.2 Å². The molecule has 2 aromatic rings. The molecule has 0 saturated heterocycles. The lowest BCUT2D eigenvalue weighted by Crippen LogP contribution is -2.12. The van der Waals surface area contributed by atoms with Crippen molar-refractivity contribution < 1.29 is 17.4 Å². The molecule has 3 N–H and O–H groups in total. The molecule has 0 atom stereocenters. The second kappa shape index (κ2) is 6.47. The summed E-state index contributed by atoms with van der Waals surface area (Å²) in [6.07, 6.45) is 0. The Bertz CT molecular complexity index is 866. The van der Waals surface area contributed by atoms with Gasteiger partial charge in [-0.15, -0.1) is 0 Å². The fourth-order valence-corrected chi connectivity index (χ4v) is 3.02. The molecular weight excluding hydrogens is 340 g/mol. The van der Waals surface area contributed by atoms with Crippen molar-refractivity contribution in [2.45, 2.75) is 18.7 Å². The fourth-order valence-electron chi connectivity index (χ4n) is 1.84. The Balaban J connectivity index is 2.34. The maximum Gasteiger partial charge on any atom is 0.339 e. The van der Waals surface area contributed by atoms with Gasteiger partial charge in [0.25, 0.3) is 0 Å². The summed E-state index contributed by atoms with van der Waals surface area (Å²) < 4.78 is 29.7. The lowest BCUT2D eigenvalue weighted by molar-refractivity contribution is -0.114. The largest absolute Gasteiger partial charge is 0.397 e. The number of hydrogen-bond donors (Lipinski definition) is 2. The van der Waals surface area contributed by atoms with E-state index in [2.05, 4.69) is 5.32 Å². The monoisotopic (exact) mass is 354 g/mol. The third kappa shape index (κ3) is 4.14. The Morgan fingerprint density at radius 2 is 1.91 bits per heavy atom. The topological polar surface area (TPSA) is 98.5 Å². The molecule has 0 aliphatic rings. The van der Waals surface area contributed by atoms with E-state index in [9.17, 15) is 13.2 Å². The molecule has 0 unspecified atom stereocenters. The van der Waals surface area contributed by atoms with Crippen LogP contribution >= 0.6 is 11.6 Å².